The van der Waals surface area contributed by atoms with Crippen molar-refractivity contribution in [3.8, 4) is 0 Å². The van der Waals surface area contributed by atoms with E-state index in [2.05, 4.69) is 19.2 Å². The molecule has 0 radical (unpaired) electrons. The molecule has 0 aromatic heterocycles. The van der Waals surface area contributed by atoms with Crippen LogP contribution in [0.5, 0.6) is 0 Å². The number of rotatable bonds is 6. The van der Waals surface area contributed by atoms with E-state index in [4.69, 9.17) is 0 Å². The van der Waals surface area contributed by atoms with Crippen LogP contribution < -0.4 is 5.32 Å². The molecule has 0 atom stereocenters. The van der Waals surface area contributed by atoms with Gasteiger partial charge >= 0.3 is 0 Å². The lowest BCUT2D eigenvalue weighted by Crippen LogP contribution is -2.07. The largest absolute Gasteiger partial charge is 0.316 e. The molecule has 3 heteroatoms. The molecule has 1 nitrogen and oxygen atoms in total. The van der Waals surface area contributed by atoms with Gasteiger partial charge in [-0.2, -0.15) is 0 Å². The average molecular weight is 241 g/mol. The number of hydrogen-bond donors (Lipinski definition) is 1. The molecule has 1 rings (SSSR count). The lowest BCUT2D eigenvalue weighted by Gasteiger charge is -2.10. The quantitative estimate of drug-likeness (QED) is 0.762. The van der Waals surface area contributed by atoms with Gasteiger partial charge in [0.25, 0.3) is 0 Å². The molecule has 0 bridgehead atoms. The third kappa shape index (κ3) is 4.14. The smallest absolute Gasteiger partial charge is 0.137 e. The number of benzene rings is 1. The van der Waals surface area contributed by atoms with E-state index in [1.807, 2.05) is 13.1 Å². The zero-order chi connectivity index (χ0) is 12.0. The fraction of sp³-hybridized carbons (Fsp3) is 0.538. The molecule has 0 heterocycles. The Morgan fingerprint density at radius 1 is 1.38 bits per heavy atom. The van der Waals surface area contributed by atoms with Gasteiger partial charge in [0.15, 0.2) is 0 Å². The van der Waals surface area contributed by atoms with Crippen LogP contribution >= 0.6 is 11.8 Å². The Morgan fingerprint density at radius 3 is 2.75 bits per heavy atom. The Kier molecular flexibility index (Phi) is 5.85. The zero-order valence-electron chi connectivity index (χ0n) is 10.2. The first-order valence-electron chi connectivity index (χ1n) is 5.70. The predicted octanol–water partition coefficient (Wildman–Crippen LogP) is 3.68. The second kappa shape index (κ2) is 6.92. The number of halogens is 1. The summed E-state index contributed by atoms with van der Waals surface area (Å²) < 4.78 is 13.6. The van der Waals surface area contributed by atoms with Crippen molar-refractivity contribution in [3.05, 3.63) is 29.6 Å². The van der Waals surface area contributed by atoms with E-state index in [0.717, 1.165) is 29.2 Å². The summed E-state index contributed by atoms with van der Waals surface area (Å²) in [5.74, 6) is 1.56. The summed E-state index contributed by atoms with van der Waals surface area (Å²) in [5, 5.41) is 3.07. The molecule has 1 aromatic rings. The highest BCUT2D eigenvalue weighted by atomic mass is 32.2. The molecule has 0 saturated heterocycles. The molecule has 0 aliphatic carbocycles. The summed E-state index contributed by atoms with van der Waals surface area (Å²) in [6, 6.07) is 5.29. The number of thioether (sulfide) groups is 1. The van der Waals surface area contributed by atoms with Gasteiger partial charge in [-0.3, -0.25) is 0 Å². The molecule has 0 saturated carbocycles. The minimum absolute atomic E-state index is 0.0958. The standard InChI is InChI=1S/C13H20FNS/c1-10(2)7-8-16-13-11(9-15-3)5-4-6-12(13)14/h4-6,10,15H,7-9H2,1-3H3. The second-order valence-electron chi connectivity index (χ2n) is 4.29. The molecule has 90 valence electrons. The highest BCUT2D eigenvalue weighted by molar-refractivity contribution is 7.99. The lowest BCUT2D eigenvalue weighted by atomic mass is 10.2. The molecule has 0 spiro atoms. The van der Waals surface area contributed by atoms with E-state index in [1.54, 1.807) is 17.8 Å². The molecule has 0 unspecified atom stereocenters. The molecule has 1 N–H and O–H groups in total. The van der Waals surface area contributed by atoms with Gasteiger partial charge in [-0.15, -0.1) is 11.8 Å². The second-order valence-corrected chi connectivity index (χ2v) is 5.39. The first-order valence-corrected chi connectivity index (χ1v) is 6.68. The summed E-state index contributed by atoms with van der Waals surface area (Å²) >= 11 is 1.63. The van der Waals surface area contributed by atoms with Crippen LogP contribution in [-0.4, -0.2) is 12.8 Å². The minimum Gasteiger partial charge on any atom is -0.316 e. The van der Waals surface area contributed by atoms with Crippen molar-refractivity contribution in [2.75, 3.05) is 12.8 Å². The Hall–Kier alpha value is -0.540. The van der Waals surface area contributed by atoms with Gasteiger partial charge in [0.2, 0.25) is 0 Å². The third-order valence-corrected chi connectivity index (χ3v) is 3.54. The zero-order valence-corrected chi connectivity index (χ0v) is 11.0. The van der Waals surface area contributed by atoms with Crippen molar-refractivity contribution >= 4 is 11.8 Å². The monoisotopic (exact) mass is 241 g/mol. The van der Waals surface area contributed by atoms with E-state index in [9.17, 15) is 4.39 Å². The molecule has 0 amide bonds. The van der Waals surface area contributed by atoms with Crippen LogP contribution in [0.15, 0.2) is 23.1 Å². The van der Waals surface area contributed by atoms with Gasteiger partial charge in [-0.25, -0.2) is 4.39 Å². The Bertz CT molecular complexity index is 326. The Balaban J connectivity index is 2.68. The highest BCUT2D eigenvalue weighted by Gasteiger charge is 2.08. The van der Waals surface area contributed by atoms with Crippen molar-refractivity contribution in [2.45, 2.75) is 31.7 Å². The van der Waals surface area contributed by atoms with Gasteiger partial charge in [0.05, 0.1) is 0 Å². The maximum atomic E-state index is 13.6. The topological polar surface area (TPSA) is 12.0 Å². The fourth-order valence-electron chi connectivity index (χ4n) is 1.44. The van der Waals surface area contributed by atoms with Crippen LogP contribution in [0.25, 0.3) is 0 Å². The average Bonchev–Trinajstić information content (AvgIpc) is 2.22. The van der Waals surface area contributed by atoms with E-state index < -0.39 is 0 Å². The van der Waals surface area contributed by atoms with Crippen LogP contribution in [-0.2, 0) is 6.54 Å². The maximum absolute atomic E-state index is 13.6. The van der Waals surface area contributed by atoms with Crippen LogP contribution in [0.4, 0.5) is 4.39 Å². The molecule has 16 heavy (non-hydrogen) atoms. The SMILES string of the molecule is CNCc1cccc(F)c1SCCC(C)C. The van der Waals surface area contributed by atoms with E-state index in [-0.39, 0.29) is 5.82 Å². The first-order chi connectivity index (χ1) is 7.65. The van der Waals surface area contributed by atoms with Crippen molar-refractivity contribution in [2.24, 2.45) is 5.92 Å². The molecule has 1 aromatic carbocycles. The molecule has 0 aliphatic heterocycles. The molecular formula is C13H20FNS. The van der Waals surface area contributed by atoms with E-state index >= 15 is 0 Å². The third-order valence-electron chi connectivity index (χ3n) is 2.36. The summed E-state index contributed by atoms with van der Waals surface area (Å²) in [5.41, 5.74) is 1.05. The van der Waals surface area contributed by atoms with Crippen LogP contribution in [0.2, 0.25) is 0 Å². The van der Waals surface area contributed by atoms with Crippen LogP contribution in [0, 0.1) is 11.7 Å². The molecular weight excluding hydrogens is 221 g/mol. The van der Waals surface area contributed by atoms with Gasteiger partial charge in [0.1, 0.15) is 5.82 Å². The highest BCUT2D eigenvalue weighted by Crippen LogP contribution is 2.27. The predicted molar refractivity (Wildman–Crippen MR) is 69.3 cm³/mol. The Morgan fingerprint density at radius 2 is 2.12 bits per heavy atom. The summed E-state index contributed by atoms with van der Waals surface area (Å²) in [4.78, 5) is 0.803. The van der Waals surface area contributed by atoms with Gasteiger partial charge in [0, 0.05) is 11.4 Å². The normalized spacial score (nSPS) is 11.1. The Labute approximate surface area is 102 Å². The summed E-state index contributed by atoms with van der Waals surface area (Å²) in [6.07, 6.45) is 1.12. The molecule has 0 fully saturated rings. The fourth-order valence-corrected chi connectivity index (χ4v) is 2.77. The lowest BCUT2D eigenvalue weighted by molar-refractivity contribution is 0.592. The summed E-state index contributed by atoms with van der Waals surface area (Å²) in [6.45, 7) is 5.11. The molecule has 0 aliphatic rings. The number of hydrogen-bond acceptors (Lipinski definition) is 2. The van der Waals surface area contributed by atoms with E-state index in [1.165, 1.54) is 6.07 Å². The van der Waals surface area contributed by atoms with Crippen molar-refractivity contribution < 1.29 is 4.39 Å². The van der Waals surface area contributed by atoms with Gasteiger partial charge in [-0.1, -0.05) is 26.0 Å². The maximum Gasteiger partial charge on any atom is 0.137 e. The van der Waals surface area contributed by atoms with Crippen molar-refractivity contribution in [1.82, 2.24) is 5.32 Å². The summed E-state index contributed by atoms with van der Waals surface area (Å²) in [7, 11) is 1.88. The van der Waals surface area contributed by atoms with Gasteiger partial charge in [-0.05, 0) is 36.8 Å². The first kappa shape index (κ1) is 13.5. The minimum atomic E-state index is -0.0958. The van der Waals surface area contributed by atoms with Crippen molar-refractivity contribution in [3.63, 3.8) is 0 Å². The van der Waals surface area contributed by atoms with Crippen LogP contribution in [0.1, 0.15) is 25.8 Å². The van der Waals surface area contributed by atoms with Gasteiger partial charge < -0.3 is 5.32 Å². The number of nitrogens with one attached hydrogen (secondary N) is 1. The van der Waals surface area contributed by atoms with E-state index in [0.29, 0.717) is 5.92 Å². The van der Waals surface area contributed by atoms with Crippen LogP contribution in [0.3, 0.4) is 0 Å². The van der Waals surface area contributed by atoms with Crippen molar-refractivity contribution in [1.29, 1.82) is 0 Å².